The molecule has 0 spiro atoms. The molecule has 1 saturated heterocycles. The summed E-state index contributed by atoms with van der Waals surface area (Å²) < 4.78 is 13.6. The Hall–Kier alpha value is -2.50. The number of aromatic nitrogens is 2. The van der Waals surface area contributed by atoms with E-state index in [1.165, 1.54) is 6.07 Å². The largest absolute Gasteiger partial charge is 0.352 e. The van der Waals surface area contributed by atoms with Crippen LogP contribution in [0.15, 0.2) is 30.5 Å². The lowest BCUT2D eigenvalue weighted by molar-refractivity contribution is -0.125. The Morgan fingerprint density at radius 3 is 2.72 bits per heavy atom. The van der Waals surface area contributed by atoms with Crippen molar-refractivity contribution in [1.29, 1.82) is 0 Å². The molecule has 132 valence electrons. The van der Waals surface area contributed by atoms with Gasteiger partial charge in [-0.3, -0.25) is 4.79 Å². The minimum Gasteiger partial charge on any atom is -0.352 e. The molecule has 1 amide bonds. The predicted molar refractivity (Wildman–Crippen MR) is 94.7 cm³/mol. The Labute approximate surface area is 147 Å². The molecule has 5 nitrogen and oxygen atoms in total. The highest BCUT2D eigenvalue weighted by Gasteiger charge is 2.26. The first-order valence-electron chi connectivity index (χ1n) is 8.60. The Balaban J connectivity index is 1.50. The van der Waals surface area contributed by atoms with Crippen LogP contribution in [0.25, 0.3) is 0 Å². The van der Waals surface area contributed by atoms with Crippen molar-refractivity contribution >= 4 is 11.9 Å². The summed E-state index contributed by atoms with van der Waals surface area (Å²) in [6.07, 6.45) is 3.30. The van der Waals surface area contributed by atoms with Crippen LogP contribution in [0.4, 0.5) is 10.3 Å². The maximum Gasteiger partial charge on any atom is 0.225 e. The van der Waals surface area contributed by atoms with E-state index in [2.05, 4.69) is 20.2 Å². The van der Waals surface area contributed by atoms with Gasteiger partial charge in [0.2, 0.25) is 11.9 Å². The van der Waals surface area contributed by atoms with Gasteiger partial charge in [0.05, 0.1) is 0 Å². The molecule has 1 N–H and O–H groups in total. The minimum atomic E-state index is -0.238. The number of nitrogens with one attached hydrogen (secondary N) is 1. The van der Waals surface area contributed by atoms with Gasteiger partial charge in [-0.25, -0.2) is 14.4 Å². The quantitative estimate of drug-likeness (QED) is 0.928. The maximum absolute atomic E-state index is 13.6. The summed E-state index contributed by atoms with van der Waals surface area (Å²) in [6, 6.07) is 6.93. The zero-order chi connectivity index (χ0) is 17.8. The number of nitrogens with zero attached hydrogens (tertiary/aromatic N) is 3. The number of anilines is 1. The smallest absolute Gasteiger partial charge is 0.225 e. The van der Waals surface area contributed by atoms with Crippen molar-refractivity contribution in [3.63, 3.8) is 0 Å². The second-order valence-electron chi connectivity index (χ2n) is 6.56. The lowest BCUT2D eigenvalue weighted by Gasteiger charge is -2.31. The standard InChI is InChI=1S/C19H23FN4O/c1-13-3-4-15(11-17(13)20)12-22-18(25)16-6-9-24(10-7-16)19-21-8-5-14(2)23-19/h3-5,8,11,16H,6-7,9-10,12H2,1-2H3,(H,22,25). The third-order valence-corrected chi connectivity index (χ3v) is 4.63. The molecule has 1 aromatic heterocycles. The number of amides is 1. The molecule has 1 aromatic carbocycles. The van der Waals surface area contributed by atoms with Gasteiger partial charge in [0, 0.05) is 37.4 Å². The molecule has 0 saturated carbocycles. The molecule has 1 fully saturated rings. The van der Waals surface area contributed by atoms with Crippen molar-refractivity contribution in [2.24, 2.45) is 5.92 Å². The Bertz CT molecular complexity index is 757. The molecular formula is C19H23FN4O. The van der Waals surface area contributed by atoms with Crippen LogP contribution in [-0.2, 0) is 11.3 Å². The predicted octanol–water partition coefficient (Wildman–Crippen LogP) is 2.77. The Kier molecular flexibility index (Phi) is 5.26. The fourth-order valence-electron chi connectivity index (χ4n) is 3.01. The number of benzene rings is 1. The number of rotatable bonds is 4. The second-order valence-corrected chi connectivity index (χ2v) is 6.56. The molecule has 6 heteroatoms. The summed E-state index contributed by atoms with van der Waals surface area (Å²) in [7, 11) is 0. The van der Waals surface area contributed by atoms with E-state index < -0.39 is 0 Å². The fraction of sp³-hybridized carbons (Fsp3) is 0.421. The highest BCUT2D eigenvalue weighted by atomic mass is 19.1. The number of aryl methyl sites for hydroxylation is 2. The van der Waals surface area contributed by atoms with E-state index in [0.717, 1.165) is 43.1 Å². The van der Waals surface area contributed by atoms with E-state index in [1.807, 2.05) is 19.1 Å². The normalized spacial score (nSPS) is 15.2. The summed E-state index contributed by atoms with van der Waals surface area (Å²) in [5, 5.41) is 2.92. The zero-order valence-corrected chi connectivity index (χ0v) is 14.6. The van der Waals surface area contributed by atoms with E-state index in [1.54, 1.807) is 19.2 Å². The third-order valence-electron chi connectivity index (χ3n) is 4.63. The van der Waals surface area contributed by atoms with E-state index in [-0.39, 0.29) is 17.6 Å². The van der Waals surface area contributed by atoms with Crippen LogP contribution in [-0.4, -0.2) is 29.0 Å². The number of carbonyl (C=O) groups is 1. The molecule has 0 bridgehead atoms. The van der Waals surface area contributed by atoms with Crippen molar-refractivity contribution in [1.82, 2.24) is 15.3 Å². The highest BCUT2D eigenvalue weighted by Crippen LogP contribution is 2.21. The monoisotopic (exact) mass is 342 g/mol. The highest BCUT2D eigenvalue weighted by molar-refractivity contribution is 5.78. The van der Waals surface area contributed by atoms with Crippen molar-refractivity contribution < 1.29 is 9.18 Å². The lowest BCUT2D eigenvalue weighted by atomic mass is 9.96. The summed E-state index contributed by atoms with van der Waals surface area (Å²) in [4.78, 5) is 23.2. The first-order chi connectivity index (χ1) is 12.0. The van der Waals surface area contributed by atoms with Gasteiger partial charge in [0.15, 0.2) is 0 Å². The topological polar surface area (TPSA) is 58.1 Å². The van der Waals surface area contributed by atoms with Gasteiger partial charge >= 0.3 is 0 Å². The molecular weight excluding hydrogens is 319 g/mol. The molecule has 25 heavy (non-hydrogen) atoms. The first kappa shape index (κ1) is 17.3. The number of carbonyl (C=O) groups excluding carboxylic acids is 1. The van der Waals surface area contributed by atoms with Crippen molar-refractivity contribution in [2.75, 3.05) is 18.0 Å². The molecule has 2 aromatic rings. The average Bonchev–Trinajstić information content (AvgIpc) is 2.62. The molecule has 0 aliphatic carbocycles. The SMILES string of the molecule is Cc1ccnc(N2CCC(C(=O)NCc3ccc(C)c(F)c3)CC2)n1. The summed E-state index contributed by atoms with van der Waals surface area (Å²) in [5.74, 6) is 0.509. The summed E-state index contributed by atoms with van der Waals surface area (Å²) in [6.45, 7) is 5.56. The number of hydrogen-bond acceptors (Lipinski definition) is 4. The first-order valence-corrected chi connectivity index (χ1v) is 8.60. The Morgan fingerprint density at radius 2 is 2.04 bits per heavy atom. The fourth-order valence-corrected chi connectivity index (χ4v) is 3.01. The molecule has 0 radical (unpaired) electrons. The van der Waals surface area contributed by atoms with Gasteiger partial charge in [-0.05, 0) is 49.9 Å². The molecule has 1 aliphatic heterocycles. The zero-order valence-electron chi connectivity index (χ0n) is 14.6. The van der Waals surface area contributed by atoms with Gasteiger partial charge in [0.1, 0.15) is 5.82 Å². The molecule has 1 aliphatic rings. The van der Waals surface area contributed by atoms with Crippen molar-refractivity contribution in [3.05, 3.63) is 53.1 Å². The number of halogens is 1. The van der Waals surface area contributed by atoms with E-state index in [4.69, 9.17) is 0 Å². The van der Waals surface area contributed by atoms with Gasteiger partial charge < -0.3 is 10.2 Å². The molecule has 2 heterocycles. The third kappa shape index (κ3) is 4.32. The van der Waals surface area contributed by atoms with Crippen LogP contribution < -0.4 is 10.2 Å². The van der Waals surface area contributed by atoms with E-state index in [0.29, 0.717) is 12.1 Å². The van der Waals surface area contributed by atoms with Crippen LogP contribution in [0, 0.1) is 25.6 Å². The molecule has 3 rings (SSSR count). The Morgan fingerprint density at radius 1 is 1.28 bits per heavy atom. The van der Waals surface area contributed by atoms with Gasteiger partial charge in [-0.1, -0.05) is 12.1 Å². The molecule has 0 atom stereocenters. The number of piperidine rings is 1. The number of hydrogen-bond donors (Lipinski definition) is 1. The van der Waals surface area contributed by atoms with Crippen LogP contribution in [0.3, 0.4) is 0 Å². The van der Waals surface area contributed by atoms with Crippen LogP contribution >= 0.6 is 0 Å². The molecule has 0 unspecified atom stereocenters. The summed E-state index contributed by atoms with van der Waals surface area (Å²) in [5.41, 5.74) is 2.33. The van der Waals surface area contributed by atoms with Gasteiger partial charge in [-0.2, -0.15) is 0 Å². The van der Waals surface area contributed by atoms with Crippen LogP contribution in [0.5, 0.6) is 0 Å². The summed E-state index contributed by atoms with van der Waals surface area (Å²) >= 11 is 0. The minimum absolute atomic E-state index is 0.0173. The van der Waals surface area contributed by atoms with Gasteiger partial charge in [-0.15, -0.1) is 0 Å². The lowest BCUT2D eigenvalue weighted by Crippen LogP contribution is -2.41. The van der Waals surface area contributed by atoms with E-state index >= 15 is 0 Å². The van der Waals surface area contributed by atoms with E-state index in [9.17, 15) is 9.18 Å². The van der Waals surface area contributed by atoms with Gasteiger partial charge in [0.25, 0.3) is 0 Å². The van der Waals surface area contributed by atoms with Crippen LogP contribution in [0.1, 0.15) is 29.7 Å². The second kappa shape index (κ2) is 7.59. The van der Waals surface area contributed by atoms with Crippen molar-refractivity contribution in [3.8, 4) is 0 Å². The average molecular weight is 342 g/mol. The maximum atomic E-state index is 13.6. The van der Waals surface area contributed by atoms with Crippen molar-refractivity contribution in [2.45, 2.75) is 33.2 Å². The van der Waals surface area contributed by atoms with Crippen LogP contribution in [0.2, 0.25) is 0 Å².